The van der Waals surface area contributed by atoms with Gasteiger partial charge in [-0.25, -0.2) is 4.98 Å². The topological polar surface area (TPSA) is 71.1 Å². The van der Waals surface area contributed by atoms with Gasteiger partial charge in [-0.3, -0.25) is 9.59 Å². The van der Waals surface area contributed by atoms with E-state index >= 15 is 0 Å². The third-order valence-electron chi connectivity index (χ3n) is 3.58. The van der Waals surface area contributed by atoms with Crippen LogP contribution in [0.25, 0.3) is 0 Å². The molecule has 1 amide bonds. The van der Waals surface area contributed by atoms with Gasteiger partial charge in [0.2, 0.25) is 3.79 Å². The van der Waals surface area contributed by atoms with Gasteiger partial charge in [-0.2, -0.15) is 0 Å². The van der Waals surface area contributed by atoms with Crippen molar-refractivity contribution >= 4 is 43.8 Å². The van der Waals surface area contributed by atoms with Crippen LogP contribution in [0.1, 0.15) is 45.7 Å². The highest BCUT2D eigenvalue weighted by molar-refractivity contribution is 14.1. The molecule has 0 aliphatic carbocycles. The number of anilines is 2. The smallest absolute Gasteiger partial charge is 0.257 e. The number of hydrogen-bond donors (Lipinski definition) is 2. The van der Waals surface area contributed by atoms with Gasteiger partial charge in [-0.1, -0.05) is 6.07 Å². The predicted molar refractivity (Wildman–Crippen MR) is 105 cm³/mol. The summed E-state index contributed by atoms with van der Waals surface area (Å²) in [6, 6.07) is 7.42. The lowest BCUT2D eigenvalue weighted by Gasteiger charge is -2.13. The lowest BCUT2D eigenvalue weighted by atomic mass is 10.0. The summed E-state index contributed by atoms with van der Waals surface area (Å²) in [5.41, 5.74) is 3.41. The highest BCUT2D eigenvalue weighted by Crippen LogP contribution is 2.25. The first-order valence-corrected chi connectivity index (χ1v) is 8.71. The largest absolute Gasteiger partial charge is 0.368 e. The van der Waals surface area contributed by atoms with Crippen LogP contribution < -0.4 is 10.6 Å². The van der Waals surface area contributed by atoms with Crippen LogP contribution in [0.5, 0.6) is 0 Å². The number of aromatic nitrogens is 1. The SMILES string of the molecule is Cc1ccc(NC(=O)c2ccc(NC(C)C)nc2)c(C)c1C(=O)I. The molecular weight excluding hydrogens is 417 g/mol. The lowest BCUT2D eigenvalue weighted by molar-refractivity contribution is 0.102. The van der Waals surface area contributed by atoms with E-state index in [1.54, 1.807) is 34.7 Å². The molecule has 126 valence electrons. The van der Waals surface area contributed by atoms with Gasteiger partial charge in [-0.15, -0.1) is 0 Å². The number of nitrogens with zero attached hydrogens (tertiary/aromatic N) is 1. The molecule has 2 N–H and O–H groups in total. The van der Waals surface area contributed by atoms with Crippen molar-refractivity contribution in [2.45, 2.75) is 33.7 Å². The second-order valence-electron chi connectivity index (χ2n) is 5.89. The van der Waals surface area contributed by atoms with Crippen molar-refractivity contribution < 1.29 is 9.59 Å². The van der Waals surface area contributed by atoms with Crippen LogP contribution in [-0.2, 0) is 0 Å². The molecular formula is C18H20IN3O2. The predicted octanol–water partition coefficient (Wildman–Crippen LogP) is 4.35. The van der Waals surface area contributed by atoms with E-state index in [9.17, 15) is 9.59 Å². The molecule has 0 aliphatic heterocycles. The Morgan fingerprint density at radius 1 is 1.12 bits per heavy atom. The van der Waals surface area contributed by atoms with Crippen LogP contribution in [0.3, 0.4) is 0 Å². The van der Waals surface area contributed by atoms with Crippen LogP contribution in [0.2, 0.25) is 0 Å². The molecule has 0 bridgehead atoms. The summed E-state index contributed by atoms with van der Waals surface area (Å²) in [5, 5.41) is 6.03. The Morgan fingerprint density at radius 2 is 1.83 bits per heavy atom. The number of carbonyl (C=O) groups is 2. The Balaban J connectivity index is 2.21. The first kappa shape index (κ1) is 18.4. The van der Waals surface area contributed by atoms with Gasteiger partial charge in [0.05, 0.1) is 5.56 Å². The number of hydrogen-bond acceptors (Lipinski definition) is 4. The summed E-state index contributed by atoms with van der Waals surface area (Å²) >= 11 is 1.77. The summed E-state index contributed by atoms with van der Waals surface area (Å²) in [6.07, 6.45) is 1.54. The van der Waals surface area contributed by atoms with E-state index in [0.717, 1.165) is 16.9 Å². The second kappa shape index (κ2) is 7.74. The maximum Gasteiger partial charge on any atom is 0.257 e. The molecule has 6 heteroatoms. The number of rotatable bonds is 5. The van der Waals surface area contributed by atoms with E-state index in [-0.39, 0.29) is 15.7 Å². The van der Waals surface area contributed by atoms with Crippen molar-refractivity contribution in [3.05, 3.63) is 52.7 Å². The molecule has 0 saturated carbocycles. The number of nitrogens with one attached hydrogen (secondary N) is 2. The molecule has 0 fully saturated rings. The summed E-state index contributed by atoms with van der Waals surface area (Å²) in [4.78, 5) is 28.4. The van der Waals surface area contributed by atoms with Gasteiger partial charge < -0.3 is 10.6 Å². The van der Waals surface area contributed by atoms with Crippen LogP contribution in [0.15, 0.2) is 30.5 Å². The molecule has 0 spiro atoms. The van der Waals surface area contributed by atoms with Crippen molar-refractivity contribution in [2.75, 3.05) is 10.6 Å². The van der Waals surface area contributed by atoms with E-state index in [1.807, 2.05) is 39.8 Å². The highest BCUT2D eigenvalue weighted by atomic mass is 127. The zero-order valence-electron chi connectivity index (χ0n) is 14.1. The molecule has 0 unspecified atom stereocenters. The molecule has 24 heavy (non-hydrogen) atoms. The minimum Gasteiger partial charge on any atom is -0.368 e. The minimum absolute atomic E-state index is 0.0375. The standard InChI is InChI=1S/C18H20IN3O2/c1-10(2)21-15-8-6-13(9-20-15)18(24)22-14-7-5-11(3)16(12(14)4)17(19)23/h5-10H,1-4H3,(H,20,21)(H,22,24). The zero-order chi connectivity index (χ0) is 17.9. The average Bonchev–Trinajstić information content (AvgIpc) is 2.50. The Morgan fingerprint density at radius 3 is 2.38 bits per heavy atom. The summed E-state index contributed by atoms with van der Waals surface area (Å²) in [6.45, 7) is 7.76. The van der Waals surface area contributed by atoms with Gasteiger partial charge in [0, 0.05) is 46.1 Å². The molecule has 5 nitrogen and oxygen atoms in total. The first-order valence-electron chi connectivity index (χ1n) is 7.63. The summed E-state index contributed by atoms with van der Waals surface area (Å²) in [5.74, 6) is 0.475. The molecule has 2 aromatic rings. The van der Waals surface area contributed by atoms with Gasteiger partial charge in [0.15, 0.2) is 0 Å². The number of benzene rings is 1. The second-order valence-corrected chi connectivity index (χ2v) is 6.87. The van der Waals surface area contributed by atoms with E-state index in [4.69, 9.17) is 0 Å². The molecule has 2 rings (SSSR count). The molecule has 0 aliphatic rings. The lowest BCUT2D eigenvalue weighted by Crippen LogP contribution is -2.15. The fourth-order valence-electron chi connectivity index (χ4n) is 2.39. The van der Waals surface area contributed by atoms with Crippen LogP contribution in [-0.4, -0.2) is 20.7 Å². The number of pyridine rings is 1. The normalized spacial score (nSPS) is 10.6. The fraction of sp³-hybridized carbons (Fsp3) is 0.278. The van der Waals surface area contributed by atoms with E-state index < -0.39 is 0 Å². The fourth-order valence-corrected chi connectivity index (χ4v) is 3.22. The molecule has 1 heterocycles. The van der Waals surface area contributed by atoms with Gasteiger partial charge in [0.25, 0.3) is 5.91 Å². The maximum atomic E-state index is 12.4. The van der Waals surface area contributed by atoms with Crippen molar-refractivity contribution in [1.82, 2.24) is 4.98 Å². The molecule has 0 radical (unpaired) electrons. The number of halogens is 1. The Hall–Kier alpha value is -1.96. The van der Waals surface area contributed by atoms with Crippen LogP contribution in [0.4, 0.5) is 11.5 Å². The molecule has 0 saturated heterocycles. The Kier molecular flexibility index (Phi) is 5.93. The van der Waals surface area contributed by atoms with Crippen molar-refractivity contribution in [3.8, 4) is 0 Å². The minimum atomic E-state index is -0.252. The first-order chi connectivity index (χ1) is 11.3. The summed E-state index contributed by atoms with van der Waals surface area (Å²) < 4.78 is -0.0375. The van der Waals surface area contributed by atoms with Gasteiger partial charge in [0.1, 0.15) is 5.82 Å². The Bertz CT molecular complexity index is 771. The monoisotopic (exact) mass is 437 g/mol. The summed E-state index contributed by atoms with van der Waals surface area (Å²) in [7, 11) is 0. The van der Waals surface area contributed by atoms with E-state index in [1.165, 1.54) is 6.20 Å². The number of carbonyl (C=O) groups excluding carboxylic acids is 2. The molecule has 1 aromatic carbocycles. The van der Waals surface area contributed by atoms with E-state index in [0.29, 0.717) is 16.8 Å². The molecule has 0 atom stereocenters. The van der Waals surface area contributed by atoms with Crippen molar-refractivity contribution in [1.29, 1.82) is 0 Å². The Labute approximate surface area is 155 Å². The van der Waals surface area contributed by atoms with Crippen LogP contribution >= 0.6 is 22.6 Å². The van der Waals surface area contributed by atoms with Crippen LogP contribution in [0, 0.1) is 13.8 Å². The number of amides is 1. The zero-order valence-corrected chi connectivity index (χ0v) is 16.3. The van der Waals surface area contributed by atoms with E-state index in [2.05, 4.69) is 15.6 Å². The number of aryl methyl sites for hydroxylation is 1. The van der Waals surface area contributed by atoms with Crippen molar-refractivity contribution in [3.63, 3.8) is 0 Å². The molecule has 1 aromatic heterocycles. The third-order valence-corrected chi connectivity index (χ3v) is 4.12. The van der Waals surface area contributed by atoms with Gasteiger partial charge in [-0.05, 0) is 57.0 Å². The quantitative estimate of drug-likeness (QED) is 0.539. The maximum absolute atomic E-state index is 12.4. The van der Waals surface area contributed by atoms with Gasteiger partial charge >= 0.3 is 0 Å². The highest BCUT2D eigenvalue weighted by Gasteiger charge is 2.15. The third kappa shape index (κ3) is 4.31. The average molecular weight is 437 g/mol. The van der Waals surface area contributed by atoms with Crippen molar-refractivity contribution in [2.24, 2.45) is 0 Å².